The number of carboxylic acids is 1. The number of amides is 1. The van der Waals surface area contributed by atoms with Crippen molar-refractivity contribution in [2.24, 2.45) is 0 Å². The molecule has 0 spiro atoms. The van der Waals surface area contributed by atoms with Crippen molar-refractivity contribution < 1.29 is 14.7 Å². The van der Waals surface area contributed by atoms with E-state index >= 15 is 0 Å². The van der Waals surface area contributed by atoms with Crippen LogP contribution in [0.5, 0.6) is 0 Å². The largest absolute Gasteiger partial charge is 0.481 e. The predicted molar refractivity (Wildman–Crippen MR) is 79.1 cm³/mol. The van der Waals surface area contributed by atoms with E-state index in [-0.39, 0.29) is 17.9 Å². The van der Waals surface area contributed by atoms with E-state index in [2.05, 4.69) is 15.6 Å². The van der Waals surface area contributed by atoms with Crippen LogP contribution in [0, 0.1) is 0 Å². The van der Waals surface area contributed by atoms with Crippen LogP contribution in [0.25, 0.3) is 0 Å². The molecule has 1 aromatic rings. The molecular formula is C13H21N3O3S. The lowest BCUT2D eigenvalue weighted by Gasteiger charge is -2.23. The highest BCUT2D eigenvalue weighted by molar-refractivity contribution is 7.13. The molecule has 0 bridgehead atoms. The van der Waals surface area contributed by atoms with Gasteiger partial charge in [0, 0.05) is 17.3 Å². The lowest BCUT2D eigenvalue weighted by molar-refractivity contribution is -0.137. The van der Waals surface area contributed by atoms with Gasteiger partial charge in [0.15, 0.2) is 5.13 Å². The number of nitrogens with one attached hydrogen (secondary N) is 2. The van der Waals surface area contributed by atoms with Gasteiger partial charge in [-0.25, -0.2) is 4.98 Å². The van der Waals surface area contributed by atoms with Crippen molar-refractivity contribution in [2.45, 2.75) is 52.1 Å². The van der Waals surface area contributed by atoms with Gasteiger partial charge in [-0.1, -0.05) is 0 Å². The molecule has 20 heavy (non-hydrogen) atoms. The third kappa shape index (κ3) is 6.01. The number of carboxylic acid groups (broad SMARTS) is 1. The molecule has 0 aliphatic heterocycles. The molecule has 112 valence electrons. The van der Waals surface area contributed by atoms with Crippen molar-refractivity contribution in [1.82, 2.24) is 10.3 Å². The summed E-state index contributed by atoms with van der Waals surface area (Å²) in [6.07, 6.45) is 0.458. The Labute approximate surface area is 122 Å². The Balaban J connectivity index is 2.52. The summed E-state index contributed by atoms with van der Waals surface area (Å²) < 4.78 is 0. The van der Waals surface area contributed by atoms with Gasteiger partial charge in [0.25, 0.3) is 0 Å². The monoisotopic (exact) mass is 299 g/mol. The average molecular weight is 299 g/mol. The Morgan fingerprint density at radius 1 is 1.45 bits per heavy atom. The van der Waals surface area contributed by atoms with Crippen LogP contribution in [0.1, 0.15) is 39.8 Å². The smallest absolute Gasteiger partial charge is 0.303 e. The van der Waals surface area contributed by atoms with Crippen LogP contribution < -0.4 is 10.6 Å². The van der Waals surface area contributed by atoms with E-state index in [1.807, 2.05) is 20.8 Å². The molecule has 0 saturated heterocycles. The number of aryl methyl sites for hydroxylation is 1. The maximum absolute atomic E-state index is 11.9. The molecule has 1 amide bonds. The molecule has 0 aromatic carbocycles. The van der Waals surface area contributed by atoms with E-state index in [1.165, 1.54) is 11.3 Å². The van der Waals surface area contributed by atoms with E-state index in [9.17, 15) is 9.59 Å². The Morgan fingerprint density at radius 2 is 2.10 bits per heavy atom. The number of aliphatic carboxylic acids is 1. The van der Waals surface area contributed by atoms with Crippen molar-refractivity contribution in [2.75, 3.05) is 5.32 Å². The predicted octanol–water partition coefficient (Wildman–Crippen LogP) is 1.88. The summed E-state index contributed by atoms with van der Waals surface area (Å²) in [6.45, 7) is 7.53. The van der Waals surface area contributed by atoms with Crippen molar-refractivity contribution in [3.8, 4) is 0 Å². The van der Waals surface area contributed by atoms with Gasteiger partial charge in [0.1, 0.15) is 6.04 Å². The molecule has 0 aliphatic rings. The third-order valence-corrected chi connectivity index (χ3v) is 3.20. The van der Waals surface area contributed by atoms with Crippen LogP contribution in [0.15, 0.2) is 5.38 Å². The van der Waals surface area contributed by atoms with Crippen molar-refractivity contribution >= 4 is 28.3 Å². The van der Waals surface area contributed by atoms with Gasteiger partial charge in [0.05, 0.1) is 12.1 Å². The van der Waals surface area contributed by atoms with Gasteiger partial charge in [0.2, 0.25) is 5.91 Å². The molecule has 0 radical (unpaired) electrons. The van der Waals surface area contributed by atoms with E-state index < -0.39 is 12.0 Å². The number of hydrogen-bond donors (Lipinski definition) is 3. The maximum atomic E-state index is 11.9. The summed E-state index contributed by atoms with van der Waals surface area (Å²) in [7, 11) is 0. The molecule has 1 rings (SSSR count). The summed E-state index contributed by atoms with van der Waals surface area (Å²) in [5.41, 5.74) is 0.450. The van der Waals surface area contributed by atoms with Crippen molar-refractivity contribution in [1.29, 1.82) is 0 Å². The Hall–Kier alpha value is -1.63. The van der Waals surface area contributed by atoms with Gasteiger partial charge < -0.3 is 15.7 Å². The number of aromatic nitrogens is 1. The lowest BCUT2D eigenvalue weighted by Crippen LogP contribution is -2.47. The topological polar surface area (TPSA) is 91.3 Å². The minimum atomic E-state index is -0.842. The molecule has 1 heterocycles. The highest BCUT2D eigenvalue weighted by Gasteiger charge is 2.19. The van der Waals surface area contributed by atoms with Gasteiger partial charge in [-0.3, -0.25) is 9.59 Å². The van der Waals surface area contributed by atoms with E-state index in [4.69, 9.17) is 5.11 Å². The zero-order valence-electron chi connectivity index (χ0n) is 12.2. The van der Waals surface area contributed by atoms with E-state index in [0.29, 0.717) is 11.6 Å². The normalized spacial score (nSPS) is 12.8. The van der Waals surface area contributed by atoms with Crippen LogP contribution >= 0.6 is 11.3 Å². The van der Waals surface area contributed by atoms with Crippen LogP contribution in [0.3, 0.4) is 0 Å². The molecular weight excluding hydrogens is 278 g/mol. The Kier molecular flexibility index (Phi) is 5.50. The molecule has 0 saturated carbocycles. The minimum Gasteiger partial charge on any atom is -0.481 e. The number of carbonyl (C=O) groups excluding carboxylic acids is 1. The first kappa shape index (κ1) is 16.4. The van der Waals surface area contributed by atoms with E-state index in [0.717, 1.165) is 5.69 Å². The maximum Gasteiger partial charge on any atom is 0.303 e. The summed E-state index contributed by atoms with van der Waals surface area (Å²) in [5.74, 6) is -0.940. The number of anilines is 1. The number of rotatable bonds is 6. The SMILES string of the molecule is CC(Nc1nc(CCC(=O)O)cs1)C(=O)NC(C)(C)C. The summed E-state index contributed by atoms with van der Waals surface area (Å²) in [5, 5.41) is 17.0. The van der Waals surface area contributed by atoms with Crippen LogP contribution in [-0.4, -0.2) is 33.5 Å². The summed E-state index contributed by atoms with van der Waals surface area (Å²) in [4.78, 5) is 26.7. The van der Waals surface area contributed by atoms with Gasteiger partial charge in [-0.2, -0.15) is 0 Å². The highest BCUT2D eigenvalue weighted by atomic mass is 32.1. The summed E-state index contributed by atoms with van der Waals surface area (Å²) in [6, 6.07) is -0.396. The fourth-order valence-electron chi connectivity index (χ4n) is 1.45. The second kappa shape index (κ2) is 6.69. The molecule has 1 atom stereocenters. The number of carbonyl (C=O) groups is 2. The van der Waals surface area contributed by atoms with Gasteiger partial charge >= 0.3 is 5.97 Å². The number of nitrogens with zero attached hydrogens (tertiary/aromatic N) is 1. The zero-order valence-corrected chi connectivity index (χ0v) is 13.0. The Morgan fingerprint density at radius 3 is 2.65 bits per heavy atom. The highest BCUT2D eigenvalue weighted by Crippen LogP contribution is 2.17. The molecule has 7 heteroatoms. The third-order valence-electron chi connectivity index (χ3n) is 2.38. The standard InChI is InChI=1S/C13H21N3O3S/c1-8(11(19)16-13(2,3)4)14-12-15-9(7-20-12)5-6-10(17)18/h7-8H,5-6H2,1-4H3,(H,14,15)(H,16,19)(H,17,18). The molecule has 1 aromatic heterocycles. The first-order chi connectivity index (χ1) is 9.17. The van der Waals surface area contributed by atoms with Crippen molar-refractivity contribution in [3.05, 3.63) is 11.1 Å². The second-order valence-corrected chi connectivity index (χ2v) is 6.50. The number of thiazole rings is 1. The average Bonchev–Trinajstić information content (AvgIpc) is 2.71. The van der Waals surface area contributed by atoms with Gasteiger partial charge in [-0.15, -0.1) is 11.3 Å². The molecule has 0 aliphatic carbocycles. The quantitative estimate of drug-likeness (QED) is 0.746. The van der Waals surface area contributed by atoms with Crippen LogP contribution in [0.2, 0.25) is 0 Å². The zero-order chi connectivity index (χ0) is 15.3. The summed E-state index contributed by atoms with van der Waals surface area (Å²) >= 11 is 1.37. The first-order valence-electron chi connectivity index (χ1n) is 6.42. The Bertz CT molecular complexity index is 479. The first-order valence-corrected chi connectivity index (χ1v) is 7.30. The number of hydrogen-bond acceptors (Lipinski definition) is 5. The molecule has 0 fully saturated rings. The van der Waals surface area contributed by atoms with Crippen LogP contribution in [0.4, 0.5) is 5.13 Å². The molecule has 6 nitrogen and oxygen atoms in total. The molecule has 1 unspecified atom stereocenters. The second-order valence-electron chi connectivity index (χ2n) is 5.64. The van der Waals surface area contributed by atoms with Gasteiger partial charge in [-0.05, 0) is 27.7 Å². The van der Waals surface area contributed by atoms with E-state index in [1.54, 1.807) is 12.3 Å². The lowest BCUT2D eigenvalue weighted by atomic mass is 10.1. The van der Waals surface area contributed by atoms with Crippen molar-refractivity contribution in [3.63, 3.8) is 0 Å². The minimum absolute atomic E-state index is 0.0588. The molecule has 3 N–H and O–H groups in total. The van der Waals surface area contributed by atoms with Crippen LogP contribution in [-0.2, 0) is 16.0 Å². The fraction of sp³-hybridized carbons (Fsp3) is 0.615. The fourth-order valence-corrected chi connectivity index (χ4v) is 2.28.